The zero-order valence-corrected chi connectivity index (χ0v) is 9.95. The lowest BCUT2D eigenvalue weighted by Gasteiger charge is -2.07. The molecule has 0 saturated heterocycles. The number of rotatable bonds is 2. The summed E-state index contributed by atoms with van der Waals surface area (Å²) < 4.78 is 0. The summed E-state index contributed by atoms with van der Waals surface area (Å²) in [4.78, 5) is 24.0. The van der Waals surface area contributed by atoms with Crippen molar-refractivity contribution in [3.05, 3.63) is 60.8 Å². The Bertz CT molecular complexity index is 722. The number of benzene rings is 1. The summed E-state index contributed by atoms with van der Waals surface area (Å²) >= 11 is 0. The minimum absolute atomic E-state index is 0.277. The lowest BCUT2D eigenvalue weighted by Crippen LogP contribution is -2.14. The summed E-state index contributed by atoms with van der Waals surface area (Å²) in [6.45, 7) is 0. The largest absolute Gasteiger partial charge is 0.319 e. The second-order valence-corrected chi connectivity index (χ2v) is 3.93. The lowest BCUT2D eigenvalue weighted by molar-refractivity contribution is 0.102. The molecule has 0 fully saturated rings. The van der Waals surface area contributed by atoms with Gasteiger partial charge in [0.15, 0.2) is 0 Å². The van der Waals surface area contributed by atoms with Crippen molar-refractivity contribution < 1.29 is 4.79 Å². The Morgan fingerprint density at radius 1 is 1.00 bits per heavy atom. The molecule has 2 aromatic heterocycles. The Balaban J connectivity index is 1.96. The Morgan fingerprint density at radius 2 is 1.89 bits per heavy atom. The van der Waals surface area contributed by atoms with E-state index in [0.717, 1.165) is 10.9 Å². The monoisotopic (exact) mass is 250 g/mol. The van der Waals surface area contributed by atoms with Gasteiger partial charge in [-0.25, -0.2) is 9.97 Å². The summed E-state index contributed by atoms with van der Waals surface area (Å²) in [5.41, 5.74) is 1.75. The van der Waals surface area contributed by atoms with Crippen molar-refractivity contribution in [3.8, 4) is 0 Å². The molecule has 92 valence electrons. The summed E-state index contributed by atoms with van der Waals surface area (Å²) in [6.07, 6.45) is 4.57. The zero-order valence-electron chi connectivity index (χ0n) is 9.95. The highest BCUT2D eigenvalue weighted by molar-refractivity contribution is 6.07. The molecule has 19 heavy (non-hydrogen) atoms. The van der Waals surface area contributed by atoms with Crippen LogP contribution in [0.2, 0.25) is 0 Å². The van der Waals surface area contributed by atoms with Crippen LogP contribution < -0.4 is 5.32 Å². The molecule has 0 aliphatic heterocycles. The highest BCUT2D eigenvalue weighted by atomic mass is 16.1. The number of carbonyl (C=O) groups excluding carboxylic acids is 1. The average molecular weight is 250 g/mol. The molecule has 3 aromatic rings. The smallest absolute Gasteiger partial charge is 0.274 e. The predicted molar refractivity (Wildman–Crippen MR) is 71.7 cm³/mol. The van der Waals surface area contributed by atoms with Crippen LogP contribution in [0, 0.1) is 0 Å². The predicted octanol–water partition coefficient (Wildman–Crippen LogP) is 2.28. The van der Waals surface area contributed by atoms with Crippen LogP contribution in [0.25, 0.3) is 10.9 Å². The van der Waals surface area contributed by atoms with E-state index in [4.69, 9.17) is 0 Å². The number of carbonyl (C=O) groups is 1. The maximum Gasteiger partial charge on any atom is 0.274 e. The molecule has 0 aliphatic carbocycles. The molecule has 0 bridgehead atoms. The summed E-state index contributed by atoms with van der Waals surface area (Å²) in [5.74, 6) is -0.277. The van der Waals surface area contributed by atoms with Crippen molar-refractivity contribution >= 4 is 22.5 Å². The van der Waals surface area contributed by atoms with Crippen LogP contribution in [0.15, 0.2) is 55.1 Å². The molecular weight excluding hydrogens is 240 g/mol. The van der Waals surface area contributed by atoms with Crippen molar-refractivity contribution in [3.63, 3.8) is 0 Å². The number of hydrogen-bond donors (Lipinski definition) is 1. The molecule has 2 heterocycles. The number of amides is 1. The Kier molecular flexibility index (Phi) is 2.86. The first-order chi connectivity index (χ1) is 9.34. The third-order valence-electron chi connectivity index (χ3n) is 2.70. The molecule has 5 heteroatoms. The minimum atomic E-state index is -0.277. The molecular formula is C14H10N4O. The van der Waals surface area contributed by atoms with Crippen LogP contribution in [-0.4, -0.2) is 20.9 Å². The highest BCUT2D eigenvalue weighted by Crippen LogP contribution is 2.20. The van der Waals surface area contributed by atoms with Gasteiger partial charge in [-0.1, -0.05) is 18.2 Å². The Hall–Kier alpha value is -2.82. The van der Waals surface area contributed by atoms with Crippen molar-refractivity contribution in [1.82, 2.24) is 15.0 Å². The van der Waals surface area contributed by atoms with E-state index in [2.05, 4.69) is 20.3 Å². The van der Waals surface area contributed by atoms with Gasteiger partial charge >= 0.3 is 0 Å². The highest BCUT2D eigenvalue weighted by Gasteiger charge is 2.09. The maximum absolute atomic E-state index is 12.0. The number of aromatic nitrogens is 3. The van der Waals surface area contributed by atoms with Crippen molar-refractivity contribution in [2.75, 3.05) is 5.32 Å². The number of para-hydroxylation sites is 1. The number of hydrogen-bond acceptors (Lipinski definition) is 4. The zero-order chi connectivity index (χ0) is 13.1. The van der Waals surface area contributed by atoms with E-state index >= 15 is 0 Å². The molecule has 1 N–H and O–H groups in total. The fourth-order valence-corrected chi connectivity index (χ4v) is 1.82. The van der Waals surface area contributed by atoms with Gasteiger partial charge in [0.05, 0.1) is 11.2 Å². The van der Waals surface area contributed by atoms with Gasteiger partial charge in [-0.05, 0) is 18.2 Å². The van der Waals surface area contributed by atoms with Gasteiger partial charge < -0.3 is 5.32 Å². The van der Waals surface area contributed by atoms with Gasteiger partial charge in [-0.15, -0.1) is 0 Å². The topological polar surface area (TPSA) is 67.8 Å². The van der Waals surface area contributed by atoms with Crippen molar-refractivity contribution in [2.24, 2.45) is 0 Å². The Labute approximate surface area is 109 Å². The van der Waals surface area contributed by atoms with Crippen LogP contribution in [0.3, 0.4) is 0 Å². The standard InChI is InChI=1S/C14H10N4O/c19-14(12-6-8-15-9-17-12)18-11-5-1-3-10-4-2-7-16-13(10)11/h1-9H,(H,18,19). The molecule has 5 nitrogen and oxygen atoms in total. The van der Waals surface area contributed by atoms with Crippen LogP contribution in [-0.2, 0) is 0 Å². The lowest BCUT2D eigenvalue weighted by atomic mass is 10.2. The number of pyridine rings is 1. The van der Waals surface area contributed by atoms with E-state index in [1.165, 1.54) is 12.5 Å². The van der Waals surface area contributed by atoms with Gasteiger partial charge in [0.25, 0.3) is 5.91 Å². The third kappa shape index (κ3) is 2.26. The van der Waals surface area contributed by atoms with Gasteiger partial charge in [-0.3, -0.25) is 9.78 Å². The summed E-state index contributed by atoms with van der Waals surface area (Å²) in [5, 5.41) is 3.78. The molecule has 1 aromatic carbocycles. The van der Waals surface area contributed by atoms with E-state index in [-0.39, 0.29) is 5.91 Å². The van der Waals surface area contributed by atoms with Gasteiger partial charge in [0.1, 0.15) is 12.0 Å². The van der Waals surface area contributed by atoms with Gasteiger partial charge in [0, 0.05) is 17.8 Å². The fourth-order valence-electron chi connectivity index (χ4n) is 1.82. The summed E-state index contributed by atoms with van der Waals surface area (Å²) in [7, 11) is 0. The second-order valence-electron chi connectivity index (χ2n) is 3.93. The van der Waals surface area contributed by atoms with E-state index in [1.807, 2.05) is 30.3 Å². The Morgan fingerprint density at radius 3 is 2.74 bits per heavy atom. The first-order valence-electron chi connectivity index (χ1n) is 5.76. The van der Waals surface area contributed by atoms with Gasteiger partial charge in [-0.2, -0.15) is 0 Å². The van der Waals surface area contributed by atoms with Crippen molar-refractivity contribution in [2.45, 2.75) is 0 Å². The molecule has 0 spiro atoms. The van der Waals surface area contributed by atoms with Crippen LogP contribution in [0.1, 0.15) is 10.5 Å². The SMILES string of the molecule is O=C(Nc1cccc2cccnc12)c1ccncn1. The minimum Gasteiger partial charge on any atom is -0.319 e. The molecule has 0 aliphatic rings. The second kappa shape index (κ2) is 4.81. The van der Waals surface area contributed by atoms with E-state index in [9.17, 15) is 4.79 Å². The number of anilines is 1. The quantitative estimate of drug-likeness (QED) is 0.757. The summed E-state index contributed by atoms with van der Waals surface area (Å²) in [6, 6.07) is 11.0. The third-order valence-corrected chi connectivity index (χ3v) is 2.70. The van der Waals surface area contributed by atoms with Gasteiger partial charge in [0.2, 0.25) is 0 Å². The first kappa shape index (κ1) is 11.3. The number of fused-ring (bicyclic) bond motifs is 1. The molecule has 0 saturated carbocycles. The van der Waals surface area contributed by atoms with E-state index in [1.54, 1.807) is 12.3 Å². The molecule has 0 atom stereocenters. The fraction of sp³-hybridized carbons (Fsp3) is 0. The van der Waals surface area contributed by atoms with Crippen molar-refractivity contribution in [1.29, 1.82) is 0 Å². The molecule has 0 unspecified atom stereocenters. The molecule has 0 radical (unpaired) electrons. The van der Waals surface area contributed by atoms with E-state index < -0.39 is 0 Å². The van der Waals surface area contributed by atoms with Crippen LogP contribution >= 0.6 is 0 Å². The first-order valence-corrected chi connectivity index (χ1v) is 5.76. The van der Waals surface area contributed by atoms with Crippen LogP contribution in [0.5, 0.6) is 0 Å². The average Bonchev–Trinajstić information content (AvgIpc) is 2.48. The number of nitrogens with zero attached hydrogens (tertiary/aromatic N) is 3. The van der Waals surface area contributed by atoms with E-state index in [0.29, 0.717) is 11.4 Å². The number of nitrogens with one attached hydrogen (secondary N) is 1. The molecule has 3 rings (SSSR count). The molecule has 1 amide bonds. The maximum atomic E-state index is 12.0. The normalized spacial score (nSPS) is 10.3. The van der Waals surface area contributed by atoms with Crippen LogP contribution in [0.4, 0.5) is 5.69 Å².